The van der Waals surface area contributed by atoms with Gasteiger partial charge in [-0.15, -0.1) is 0 Å². The van der Waals surface area contributed by atoms with Gasteiger partial charge in [-0.3, -0.25) is 4.79 Å². The van der Waals surface area contributed by atoms with Crippen LogP contribution in [0.4, 0.5) is 23.0 Å². The number of aromatic nitrogens is 2. The van der Waals surface area contributed by atoms with Crippen molar-refractivity contribution in [1.29, 1.82) is 0 Å². The van der Waals surface area contributed by atoms with Crippen molar-refractivity contribution in [3.8, 4) is 0 Å². The van der Waals surface area contributed by atoms with Crippen LogP contribution in [-0.2, 0) is 9.53 Å². The highest BCUT2D eigenvalue weighted by molar-refractivity contribution is 5.92. The predicted molar refractivity (Wildman–Crippen MR) is 112 cm³/mol. The van der Waals surface area contributed by atoms with Crippen LogP contribution >= 0.6 is 0 Å². The van der Waals surface area contributed by atoms with Gasteiger partial charge >= 0.3 is 0 Å². The smallest absolute Gasteiger partial charge is 0.227 e. The molecule has 1 aromatic carbocycles. The average Bonchev–Trinajstić information content (AvgIpc) is 2.71. The van der Waals surface area contributed by atoms with Crippen LogP contribution in [0.25, 0.3) is 0 Å². The van der Waals surface area contributed by atoms with Crippen LogP contribution in [0.2, 0.25) is 0 Å². The van der Waals surface area contributed by atoms with Gasteiger partial charge in [0.25, 0.3) is 0 Å². The van der Waals surface area contributed by atoms with Gasteiger partial charge in [0.15, 0.2) is 0 Å². The molecule has 7 nitrogen and oxygen atoms in total. The summed E-state index contributed by atoms with van der Waals surface area (Å²) in [5.74, 6) is 2.51. The van der Waals surface area contributed by atoms with Crippen molar-refractivity contribution >= 4 is 28.9 Å². The number of hydrogen-bond acceptors (Lipinski definition) is 6. The van der Waals surface area contributed by atoms with E-state index in [1.165, 1.54) is 0 Å². The molecule has 3 rings (SSSR count). The Morgan fingerprint density at radius 1 is 1.11 bits per heavy atom. The minimum atomic E-state index is 0.0362. The van der Waals surface area contributed by atoms with Crippen LogP contribution in [0.1, 0.15) is 32.5 Å². The van der Waals surface area contributed by atoms with Gasteiger partial charge in [0, 0.05) is 49.7 Å². The Bertz CT molecular complexity index is 784. The molecule has 1 aliphatic heterocycles. The van der Waals surface area contributed by atoms with Crippen molar-refractivity contribution in [2.45, 2.75) is 33.6 Å². The third-order valence-corrected chi connectivity index (χ3v) is 4.93. The Hall–Kier alpha value is -2.67. The average molecular weight is 383 g/mol. The van der Waals surface area contributed by atoms with E-state index in [4.69, 9.17) is 4.74 Å². The van der Waals surface area contributed by atoms with Gasteiger partial charge in [-0.05, 0) is 57.9 Å². The van der Waals surface area contributed by atoms with Gasteiger partial charge in [-0.2, -0.15) is 0 Å². The molecule has 1 amide bonds. The summed E-state index contributed by atoms with van der Waals surface area (Å²) in [7, 11) is 0. The quantitative estimate of drug-likeness (QED) is 0.758. The van der Waals surface area contributed by atoms with Crippen LogP contribution in [0.15, 0.2) is 30.3 Å². The van der Waals surface area contributed by atoms with Gasteiger partial charge in [0.1, 0.15) is 17.5 Å². The van der Waals surface area contributed by atoms with Crippen LogP contribution in [-0.4, -0.2) is 42.2 Å². The molecule has 1 aliphatic rings. The highest BCUT2D eigenvalue weighted by atomic mass is 16.5. The number of carbonyl (C=O) groups excluding carboxylic acids is 1. The molecule has 1 fully saturated rings. The zero-order valence-electron chi connectivity index (χ0n) is 16.9. The highest BCUT2D eigenvalue weighted by Crippen LogP contribution is 2.22. The van der Waals surface area contributed by atoms with Crippen molar-refractivity contribution in [1.82, 2.24) is 9.97 Å². The first-order valence-electron chi connectivity index (χ1n) is 9.95. The summed E-state index contributed by atoms with van der Waals surface area (Å²) in [4.78, 5) is 23.5. The fourth-order valence-electron chi connectivity index (χ4n) is 3.31. The maximum atomic E-state index is 12.3. The number of carbonyl (C=O) groups is 1. The normalized spacial score (nSPS) is 14.5. The van der Waals surface area contributed by atoms with Crippen molar-refractivity contribution < 1.29 is 9.53 Å². The molecule has 7 heteroatoms. The van der Waals surface area contributed by atoms with Crippen molar-refractivity contribution in [3.05, 3.63) is 36.2 Å². The zero-order valence-corrected chi connectivity index (χ0v) is 16.9. The number of rotatable bonds is 7. The van der Waals surface area contributed by atoms with E-state index < -0.39 is 0 Å². The molecule has 28 heavy (non-hydrogen) atoms. The Labute approximate surface area is 166 Å². The second-order valence-corrected chi connectivity index (χ2v) is 6.91. The summed E-state index contributed by atoms with van der Waals surface area (Å²) in [5, 5.41) is 6.32. The van der Waals surface area contributed by atoms with Gasteiger partial charge < -0.3 is 20.3 Å². The van der Waals surface area contributed by atoms with Gasteiger partial charge in [0.05, 0.1) is 0 Å². The molecule has 0 radical (unpaired) electrons. The van der Waals surface area contributed by atoms with Gasteiger partial charge in [0.2, 0.25) is 5.91 Å². The molecule has 0 bridgehead atoms. The van der Waals surface area contributed by atoms with E-state index in [9.17, 15) is 4.79 Å². The van der Waals surface area contributed by atoms with E-state index in [-0.39, 0.29) is 11.8 Å². The minimum Gasteiger partial charge on any atom is -0.381 e. The summed E-state index contributed by atoms with van der Waals surface area (Å²) < 4.78 is 5.32. The molecule has 150 valence electrons. The number of benzene rings is 1. The number of amides is 1. The van der Waals surface area contributed by atoms with E-state index >= 15 is 0 Å². The molecule has 2 aromatic rings. The molecule has 2 N–H and O–H groups in total. The molecule has 1 aromatic heterocycles. The molecule has 1 saturated heterocycles. The Morgan fingerprint density at radius 3 is 2.39 bits per heavy atom. The molecule has 0 aliphatic carbocycles. The fourth-order valence-corrected chi connectivity index (χ4v) is 3.31. The molecular weight excluding hydrogens is 354 g/mol. The van der Waals surface area contributed by atoms with Crippen molar-refractivity contribution in [2.75, 3.05) is 41.8 Å². The first-order valence-corrected chi connectivity index (χ1v) is 9.95. The second kappa shape index (κ2) is 9.50. The third kappa shape index (κ3) is 5.19. The molecule has 0 saturated carbocycles. The number of hydrogen-bond donors (Lipinski definition) is 2. The Morgan fingerprint density at radius 2 is 1.75 bits per heavy atom. The Balaban J connectivity index is 1.65. The third-order valence-electron chi connectivity index (χ3n) is 4.93. The van der Waals surface area contributed by atoms with E-state index in [0.29, 0.717) is 13.2 Å². The minimum absolute atomic E-state index is 0.0362. The number of anilines is 4. The lowest BCUT2D eigenvalue weighted by molar-refractivity contribution is -0.122. The summed E-state index contributed by atoms with van der Waals surface area (Å²) in [6, 6.07) is 9.64. The Kier molecular flexibility index (Phi) is 6.81. The van der Waals surface area contributed by atoms with Crippen LogP contribution < -0.4 is 15.5 Å². The summed E-state index contributed by atoms with van der Waals surface area (Å²) in [6.45, 7) is 9.24. The summed E-state index contributed by atoms with van der Waals surface area (Å²) >= 11 is 0. The van der Waals surface area contributed by atoms with Crippen LogP contribution in [0.3, 0.4) is 0 Å². The lowest BCUT2D eigenvalue weighted by Crippen LogP contribution is -2.28. The molecule has 0 spiro atoms. The van der Waals surface area contributed by atoms with Crippen LogP contribution in [0.5, 0.6) is 0 Å². The number of aryl methyl sites for hydroxylation is 1. The van der Waals surface area contributed by atoms with E-state index in [1.807, 2.05) is 37.3 Å². The lowest BCUT2D eigenvalue weighted by Gasteiger charge is -2.21. The molecule has 0 atom stereocenters. The maximum absolute atomic E-state index is 12.3. The number of ether oxygens (including phenoxy) is 1. The fraction of sp³-hybridized carbons (Fsp3) is 0.476. The standard InChI is InChI=1S/C21H29N5O2/c1-4-26(5-2)20-14-19(22-15(3)23-20)24-17-6-8-18(9-7-17)25-21(27)16-10-12-28-13-11-16/h6-9,14,16H,4-5,10-13H2,1-3H3,(H,25,27)(H,22,23,24). The van der Waals surface area contributed by atoms with Gasteiger partial charge in [-0.1, -0.05) is 0 Å². The molecule has 0 unspecified atom stereocenters. The van der Waals surface area contributed by atoms with Crippen molar-refractivity contribution in [2.24, 2.45) is 5.92 Å². The molecular formula is C21H29N5O2. The largest absolute Gasteiger partial charge is 0.381 e. The zero-order chi connectivity index (χ0) is 19.9. The van der Waals surface area contributed by atoms with E-state index in [0.717, 1.165) is 54.8 Å². The first kappa shape index (κ1) is 20.1. The maximum Gasteiger partial charge on any atom is 0.227 e. The molecule has 2 heterocycles. The highest BCUT2D eigenvalue weighted by Gasteiger charge is 2.21. The number of nitrogens with zero attached hydrogens (tertiary/aromatic N) is 3. The van der Waals surface area contributed by atoms with Crippen molar-refractivity contribution in [3.63, 3.8) is 0 Å². The SMILES string of the molecule is CCN(CC)c1cc(Nc2ccc(NC(=O)C3CCOCC3)cc2)nc(C)n1. The lowest BCUT2D eigenvalue weighted by atomic mass is 9.99. The monoisotopic (exact) mass is 383 g/mol. The summed E-state index contributed by atoms with van der Waals surface area (Å²) in [6.07, 6.45) is 1.57. The summed E-state index contributed by atoms with van der Waals surface area (Å²) in [5.41, 5.74) is 1.71. The van der Waals surface area contributed by atoms with E-state index in [1.54, 1.807) is 0 Å². The van der Waals surface area contributed by atoms with Gasteiger partial charge in [-0.25, -0.2) is 9.97 Å². The predicted octanol–water partition coefficient (Wildman–Crippen LogP) is 3.74. The second-order valence-electron chi connectivity index (χ2n) is 6.91. The topological polar surface area (TPSA) is 79.4 Å². The first-order chi connectivity index (χ1) is 13.6. The van der Waals surface area contributed by atoms with Crippen LogP contribution in [0, 0.1) is 12.8 Å². The van der Waals surface area contributed by atoms with E-state index in [2.05, 4.69) is 39.3 Å². The number of nitrogens with one attached hydrogen (secondary N) is 2.